The quantitative estimate of drug-likeness (QED) is 0.425. The summed E-state index contributed by atoms with van der Waals surface area (Å²) in [4.78, 5) is 0. The molecule has 0 fully saturated rings. The summed E-state index contributed by atoms with van der Waals surface area (Å²) in [5.74, 6) is 5.79. The molecule has 0 radical (unpaired) electrons. The summed E-state index contributed by atoms with van der Waals surface area (Å²) in [6.07, 6.45) is 0. The van der Waals surface area contributed by atoms with E-state index in [0.717, 1.165) is 23.0 Å². The minimum absolute atomic E-state index is 0.207. The van der Waals surface area contributed by atoms with Crippen LogP contribution in [-0.4, -0.2) is 62.9 Å². The van der Waals surface area contributed by atoms with Gasteiger partial charge in [-0.1, -0.05) is 0 Å². The number of aliphatic hydroxyl groups is 1. The molecule has 0 aromatic heterocycles. The van der Waals surface area contributed by atoms with E-state index in [4.69, 9.17) is 34.8 Å². The molecule has 0 spiro atoms. The largest absolute Gasteiger partial charge is 0.395 e. The molecule has 0 saturated carbocycles. The molecule has 0 bridgehead atoms. The maximum Gasteiger partial charge on any atom is 0.0558 e. The van der Waals surface area contributed by atoms with Gasteiger partial charge in [-0.3, -0.25) is 0 Å². The Morgan fingerprint density at radius 2 is 1.59 bits per heavy atom. The summed E-state index contributed by atoms with van der Waals surface area (Å²) in [7, 11) is 0. The fourth-order valence-electron chi connectivity index (χ4n) is 1.01. The molecule has 0 heterocycles. The van der Waals surface area contributed by atoms with E-state index in [-0.39, 0.29) is 11.9 Å². The number of hydrogen-bond donors (Lipinski definition) is 1. The van der Waals surface area contributed by atoms with Crippen LogP contribution >= 0.6 is 70.1 Å². The van der Waals surface area contributed by atoms with Crippen molar-refractivity contribution in [3.63, 3.8) is 0 Å². The van der Waals surface area contributed by atoms with Gasteiger partial charge in [0.05, 0.1) is 6.61 Å². The van der Waals surface area contributed by atoms with Crippen molar-refractivity contribution >= 4 is 70.1 Å². The van der Waals surface area contributed by atoms with Gasteiger partial charge in [0, 0.05) is 51.2 Å². The van der Waals surface area contributed by atoms with Crippen LogP contribution in [0.5, 0.6) is 0 Å². The Kier molecular flexibility index (Phi) is 15.9. The zero-order valence-corrected chi connectivity index (χ0v) is 14.3. The van der Waals surface area contributed by atoms with Crippen LogP contribution in [0.25, 0.3) is 0 Å². The van der Waals surface area contributed by atoms with Gasteiger partial charge in [0.2, 0.25) is 0 Å². The minimum Gasteiger partial charge on any atom is -0.395 e. The number of hydrogen-bond acceptors (Lipinski definition) is 4. The van der Waals surface area contributed by atoms with Gasteiger partial charge in [-0.05, 0) is 0 Å². The monoisotopic (exact) mass is 356 g/mol. The lowest BCUT2D eigenvalue weighted by molar-refractivity contribution is 0.301. The molecule has 0 saturated heterocycles. The molecule has 104 valence electrons. The molecule has 2 unspecified atom stereocenters. The highest BCUT2D eigenvalue weighted by atomic mass is 35.5. The van der Waals surface area contributed by atoms with Crippen LogP contribution in [0.4, 0.5) is 0 Å². The Morgan fingerprint density at radius 1 is 0.882 bits per heavy atom. The summed E-state index contributed by atoms with van der Waals surface area (Å²) >= 11 is 22.6. The van der Waals surface area contributed by atoms with Crippen molar-refractivity contribution in [1.82, 2.24) is 0 Å². The number of halogens is 3. The molecular weight excluding hydrogens is 339 g/mol. The van der Waals surface area contributed by atoms with Crippen LogP contribution in [0.2, 0.25) is 0 Å². The highest BCUT2D eigenvalue weighted by Crippen LogP contribution is 2.23. The maximum absolute atomic E-state index is 9.22. The zero-order chi connectivity index (χ0) is 12.9. The second-order valence-corrected chi connectivity index (χ2v) is 8.19. The topological polar surface area (TPSA) is 20.2 Å². The summed E-state index contributed by atoms with van der Waals surface area (Å²) in [6, 6.07) is 0. The first-order valence-electron chi connectivity index (χ1n) is 5.38. The number of thioether (sulfide) groups is 3. The van der Waals surface area contributed by atoms with Crippen LogP contribution in [0, 0.1) is 0 Å². The third kappa shape index (κ3) is 11.4. The molecular formula is C10H19Cl3OS3. The zero-order valence-electron chi connectivity index (χ0n) is 9.62. The van der Waals surface area contributed by atoms with Gasteiger partial charge in [0.15, 0.2) is 0 Å². The first kappa shape index (κ1) is 18.9. The van der Waals surface area contributed by atoms with Gasteiger partial charge in [-0.15, -0.1) is 34.8 Å². The molecule has 0 aliphatic carbocycles. The standard InChI is InChI=1S/C10H19Cl3OS3/c11-1-3-15-7-9(5-13)17-8-10(6-14)16-4-2-12/h9-10,14H,1-8H2. The van der Waals surface area contributed by atoms with E-state index < -0.39 is 0 Å². The molecule has 2 atom stereocenters. The van der Waals surface area contributed by atoms with E-state index in [2.05, 4.69) is 0 Å². The average Bonchev–Trinajstić information content (AvgIpc) is 2.36. The van der Waals surface area contributed by atoms with Crippen molar-refractivity contribution in [2.75, 3.05) is 47.3 Å². The van der Waals surface area contributed by atoms with Crippen molar-refractivity contribution in [3.8, 4) is 0 Å². The lowest BCUT2D eigenvalue weighted by Crippen LogP contribution is -2.18. The predicted molar refractivity (Wildman–Crippen MR) is 89.1 cm³/mol. The first-order valence-corrected chi connectivity index (χ1v) is 10.2. The number of alkyl halides is 3. The normalized spacial score (nSPS) is 14.8. The maximum atomic E-state index is 9.22. The van der Waals surface area contributed by atoms with Gasteiger partial charge >= 0.3 is 0 Å². The van der Waals surface area contributed by atoms with Crippen molar-refractivity contribution < 1.29 is 5.11 Å². The molecule has 0 aromatic rings. The third-order valence-corrected chi connectivity index (χ3v) is 7.41. The minimum atomic E-state index is 0.207. The van der Waals surface area contributed by atoms with Gasteiger partial charge in [0.1, 0.15) is 0 Å². The van der Waals surface area contributed by atoms with Crippen LogP contribution in [0.15, 0.2) is 0 Å². The molecule has 1 N–H and O–H groups in total. The molecule has 0 amide bonds. The Balaban J connectivity index is 3.69. The SMILES string of the molecule is OCC(CSC(CCl)CSCCCl)SCCCl. The summed E-state index contributed by atoms with van der Waals surface area (Å²) in [5, 5.41) is 9.93. The van der Waals surface area contributed by atoms with Crippen LogP contribution in [0.1, 0.15) is 0 Å². The van der Waals surface area contributed by atoms with E-state index in [1.54, 1.807) is 11.8 Å². The van der Waals surface area contributed by atoms with Crippen LogP contribution < -0.4 is 0 Å². The predicted octanol–water partition coefficient (Wildman–Crippen LogP) is 3.63. The lowest BCUT2D eigenvalue weighted by atomic mass is 10.5. The summed E-state index contributed by atoms with van der Waals surface area (Å²) in [5.41, 5.74) is 0. The van der Waals surface area contributed by atoms with E-state index in [0.29, 0.717) is 22.9 Å². The summed E-state index contributed by atoms with van der Waals surface area (Å²) in [6.45, 7) is 0.207. The Hall–Kier alpha value is 1.88. The van der Waals surface area contributed by atoms with Crippen molar-refractivity contribution in [1.29, 1.82) is 0 Å². The van der Waals surface area contributed by atoms with Gasteiger partial charge < -0.3 is 5.11 Å². The number of aliphatic hydroxyl groups excluding tert-OH is 1. The van der Waals surface area contributed by atoms with Crippen LogP contribution in [-0.2, 0) is 0 Å². The number of rotatable bonds is 12. The summed E-state index contributed by atoms with van der Waals surface area (Å²) < 4.78 is 0. The van der Waals surface area contributed by atoms with E-state index >= 15 is 0 Å². The molecule has 0 aromatic carbocycles. The molecule has 17 heavy (non-hydrogen) atoms. The van der Waals surface area contributed by atoms with E-state index in [9.17, 15) is 5.11 Å². The van der Waals surface area contributed by atoms with Gasteiger partial charge in [0.25, 0.3) is 0 Å². The molecule has 0 rings (SSSR count). The van der Waals surface area contributed by atoms with E-state index in [1.165, 1.54) is 0 Å². The Bertz CT molecular complexity index is 166. The van der Waals surface area contributed by atoms with Gasteiger partial charge in [-0.25, -0.2) is 0 Å². The highest BCUT2D eigenvalue weighted by Gasteiger charge is 2.13. The third-order valence-electron chi connectivity index (χ3n) is 1.85. The van der Waals surface area contributed by atoms with Crippen LogP contribution in [0.3, 0.4) is 0 Å². The second-order valence-electron chi connectivity index (χ2n) is 3.24. The first-order chi connectivity index (χ1) is 8.28. The Morgan fingerprint density at radius 3 is 2.12 bits per heavy atom. The smallest absolute Gasteiger partial charge is 0.0558 e. The van der Waals surface area contributed by atoms with E-state index in [1.807, 2.05) is 23.5 Å². The fourth-order valence-corrected chi connectivity index (χ4v) is 5.27. The van der Waals surface area contributed by atoms with Crippen molar-refractivity contribution in [2.45, 2.75) is 10.5 Å². The van der Waals surface area contributed by atoms with Gasteiger partial charge in [-0.2, -0.15) is 35.3 Å². The highest BCUT2D eigenvalue weighted by molar-refractivity contribution is 8.05. The van der Waals surface area contributed by atoms with Crippen molar-refractivity contribution in [2.24, 2.45) is 0 Å². The lowest BCUT2D eigenvalue weighted by Gasteiger charge is -2.17. The molecule has 0 aliphatic heterocycles. The molecule has 0 aliphatic rings. The molecule has 7 heteroatoms. The fraction of sp³-hybridized carbons (Fsp3) is 1.00. The molecule has 1 nitrogen and oxygen atoms in total. The second kappa shape index (κ2) is 14.3. The Labute approximate surface area is 132 Å². The van der Waals surface area contributed by atoms with Crippen molar-refractivity contribution in [3.05, 3.63) is 0 Å². The average molecular weight is 358 g/mol.